The van der Waals surface area contributed by atoms with Crippen LogP contribution in [0.2, 0.25) is 0 Å². The molecular weight excluding hydrogens is 252 g/mol. The van der Waals surface area contributed by atoms with Gasteiger partial charge in [0.2, 0.25) is 0 Å². The summed E-state index contributed by atoms with van der Waals surface area (Å²) < 4.78 is 0. The van der Waals surface area contributed by atoms with Crippen molar-refractivity contribution in [1.29, 1.82) is 0 Å². The Morgan fingerprint density at radius 1 is 0.895 bits per heavy atom. The minimum atomic E-state index is 0.880. The topological polar surface area (TPSA) is 24.7 Å². The van der Waals surface area contributed by atoms with E-state index in [-0.39, 0.29) is 0 Å². The number of rotatable bonds is 3. The Balaban J connectivity index is 2.43. The fraction of sp³-hybridized carbons (Fsp3) is 0.250. The van der Waals surface area contributed by atoms with Crippen LogP contribution in [0.3, 0.4) is 0 Å². The van der Waals surface area contributed by atoms with Gasteiger partial charge >= 0.3 is 0 Å². The Hall–Kier alpha value is -1.61. The molecule has 0 N–H and O–H groups in total. The molecule has 2 aromatic carbocycles. The molecule has 0 spiro atoms. The first-order valence-electron chi connectivity index (χ1n) is 6.25. The smallest absolute Gasteiger partial charge is 0.0998 e. The fourth-order valence-corrected chi connectivity index (χ4v) is 2.74. The molecule has 0 aliphatic carbocycles. The third-order valence-electron chi connectivity index (χ3n) is 3.31. The van der Waals surface area contributed by atoms with Crippen LogP contribution in [0.15, 0.2) is 51.5 Å². The van der Waals surface area contributed by atoms with Crippen LogP contribution in [0.1, 0.15) is 16.7 Å². The Bertz CT molecular complexity index is 604. The van der Waals surface area contributed by atoms with Crippen molar-refractivity contribution in [3.8, 4) is 0 Å². The largest absolute Gasteiger partial charge is 0.151 e. The number of benzene rings is 2. The van der Waals surface area contributed by atoms with Crippen molar-refractivity contribution >= 4 is 23.1 Å². The predicted octanol–water partition coefficient (Wildman–Crippen LogP) is 5.75. The number of nitrogens with zero attached hydrogens (tertiary/aromatic N) is 2. The van der Waals surface area contributed by atoms with Crippen molar-refractivity contribution in [2.75, 3.05) is 6.26 Å². The number of aryl methyl sites for hydroxylation is 1. The number of thioether (sulfide) groups is 1. The number of hydrogen-bond acceptors (Lipinski definition) is 3. The molecule has 0 fully saturated rings. The molecule has 0 saturated heterocycles. The van der Waals surface area contributed by atoms with E-state index in [0.717, 1.165) is 11.4 Å². The van der Waals surface area contributed by atoms with Crippen LogP contribution in [0.4, 0.5) is 11.4 Å². The van der Waals surface area contributed by atoms with E-state index in [4.69, 9.17) is 0 Å². The third kappa shape index (κ3) is 3.04. The van der Waals surface area contributed by atoms with Crippen LogP contribution in [-0.4, -0.2) is 6.26 Å². The molecule has 0 atom stereocenters. The molecule has 0 radical (unpaired) electrons. The summed E-state index contributed by atoms with van der Waals surface area (Å²) in [5.74, 6) is 0. The lowest BCUT2D eigenvalue weighted by Gasteiger charge is -2.11. The van der Waals surface area contributed by atoms with Crippen molar-refractivity contribution in [2.24, 2.45) is 10.2 Å². The van der Waals surface area contributed by atoms with Crippen molar-refractivity contribution in [3.05, 3.63) is 53.1 Å². The lowest BCUT2D eigenvalue weighted by molar-refractivity contribution is 1.13. The van der Waals surface area contributed by atoms with Crippen LogP contribution >= 0.6 is 11.8 Å². The van der Waals surface area contributed by atoms with E-state index in [1.54, 1.807) is 11.8 Å². The normalized spacial score (nSPS) is 11.2. The van der Waals surface area contributed by atoms with Crippen molar-refractivity contribution in [1.82, 2.24) is 0 Å². The molecule has 0 amide bonds. The maximum Gasteiger partial charge on any atom is 0.0998 e. The second kappa shape index (κ2) is 6.02. The van der Waals surface area contributed by atoms with Crippen LogP contribution < -0.4 is 0 Å². The van der Waals surface area contributed by atoms with Crippen LogP contribution in [0, 0.1) is 20.8 Å². The summed E-state index contributed by atoms with van der Waals surface area (Å²) in [6, 6.07) is 11.9. The average Bonchev–Trinajstić information content (AvgIpc) is 2.44. The highest BCUT2D eigenvalue weighted by Crippen LogP contribution is 2.35. The van der Waals surface area contributed by atoms with Gasteiger partial charge in [0.1, 0.15) is 0 Å². The van der Waals surface area contributed by atoms with Gasteiger partial charge in [0.15, 0.2) is 0 Å². The first-order chi connectivity index (χ1) is 9.13. The van der Waals surface area contributed by atoms with Crippen molar-refractivity contribution in [2.45, 2.75) is 25.7 Å². The van der Waals surface area contributed by atoms with Gasteiger partial charge in [0.25, 0.3) is 0 Å². The number of hydrogen-bond donors (Lipinski definition) is 0. The molecule has 0 aliphatic rings. The average molecular weight is 270 g/mol. The summed E-state index contributed by atoms with van der Waals surface area (Å²) >= 11 is 1.73. The molecule has 2 aromatic rings. The van der Waals surface area contributed by atoms with E-state index in [0.29, 0.717) is 0 Å². The molecule has 0 saturated carbocycles. The quantitative estimate of drug-likeness (QED) is 0.515. The monoisotopic (exact) mass is 270 g/mol. The summed E-state index contributed by atoms with van der Waals surface area (Å²) in [5, 5.41) is 8.72. The zero-order chi connectivity index (χ0) is 13.8. The molecule has 0 unspecified atom stereocenters. The third-order valence-corrected chi connectivity index (χ3v) is 4.24. The van der Waals surface area contributed by atoms with Crippen LogP contribution in [-0.2, 0) is 0 Å². The summed E-state index contributed by atoms with van der Waals surface area (Å²) in [7, 11) is 0. The molecule has 19 heavy (non-hydrogen) atoms. The zero-order valence-corrected chi connectivity index (χ0v) is 12.6. The van der Waals surface area contributed by atoms with E-state index < -0.39 is 0 Å². The fourth-order valence-electron chi connectivity index (χ4n) is 1.98. The number of azo groups is 1. The van der Waals surface area contributed by atoms with Crippen molar-refractivity contribution in [3.63, 3.8) is 0 Å². The Labute approximate surface area is 119 Å². The molecule has 0 aliphatic heterocycles. The second-order valence-electron chi connectivity index (χ2n) is 4.53. The SMILES string of the molecule is CSc1c(N=Nc2ccccc2)cc(C)c(C)c1C. The van der Waals surface area contributed by atoms with E-state index in [1.807, 2.05) is 30.3 Å². The lowest BCUT2D eigenvalue weighted by Crippen LogP contribution is -1.89. The lowest BCUT2D eigenvalue weighted by atomic mass is 10.0. The van der Waals surface area contributed by atoms with Gasteiger partial charge in [0, 0.05) is 4.90 Å². The first-order valence-corrected chi connectivity index (χ1v) is 7.47. The van der Waals surface area contributed by atoms with Gasteiger partial charge in [-0.3, -0.25) is 0 Å². The molecule has 98 valence electrons. The predicted molar refractivity (Wildman–Crippen MR) is 83.1 cm³/mol. The van der Waals surface area contributed by atoms with Gasteiger partial charge in [0.05, 0.1) is 11.4 Å². The second-order valence-corrected chi connectivity index (χ2v) is 5.35. The zero-order valence-electron chi connectivity index (χ0n) is 11.8. The van der Waals surface area contributed by atoms with E-state index in [1.165, 1.54) is 21.6 Å². The molecule has 0 bridgehead atoms. The Morgan fingerprint density at radius 3 is 2.21 bits per heavy atom. The van der Waals surface area contributed by atoms with Gasteiger partial charge in [-0.05, 0) is 61.9 Å². The first kappa shape index (κ1) is 13.8. The summed E-state index contributed by atoms with van der Waals surface area (Å²) in [6.07, 6.45) is 2.08. The molecule has 0 aromatic heterocycles. The van der Waals surface area contributed by atoms with Gasteiger partial charge in [-0.15, -0.1) is 16.9 Å². The molecule has 0 heterocycles. The Morgan fingerprint density at radius 2 is 1.58 bits per heavy atom. The minimum absolute atomic E-state index is 0.880. The summed E-state index contributed by atoms with van der Waals surface area (Å²) in [5.41, 5.74) is 5.73. The maximum atomic E-state index is 4.41. The van der Waals surface area contributed by atoms with E-state index in [9.17, 15) is 0 Å². The van der Waals surface area contributed by atoms with Gasteiger partial charge < -0.3 is 0 Å². The van der Waals surface area contributed by atoms with Crippen LogP contribution in [0.25, 0.3) is 0 Å². The molecule has 3 heteroatoms. The van der Waals surface area contributed by atoms with Gasteiger partial charge in [-0.25, -0.2) is 0 Å². The van der Waals surface area contributed by atoms with E-state index in [2.05, 4.69) is 43.3 Å². The minimum Gasteiger partial charge on any atom is -0.151 e. The molecular formula is C16H18N2S. The van der Waals surface area contributed by atoms with Gasteiger partial charge in [-0.1, -0.05) is 18.2 Å². The summed E-state index contributed by atoms with van der Waals surface area (Å²) in [4.78, 5) is 1.21. The highest BCUT2D eigenvalue weighted by Gasteiger charge is 2.09. The maximum absolute atomic E-state index is 4.41. The standard InChI is InChI=1S/C16H18N2S/c1-11-10-15(16(19-4)13(3)12(11)2)18-17-14-8-6-5-7-9-14/h5-10H,1-4H3. The molecule has 2 rings (SSSR count). The van der Waals surface area contributed by atoms with E-state index >= 15 is 0 Å². The van der Waals surface area contributed by atoms with Gasteiger partial charge in [-0.2, -0.15) is 5.11 Å². The molecule has 2 nitrogen and oxygen atoms in total. The van der Waals surface area contributed by atoms with Crippen molar-refractivity contribution < 1.29 is 0 Å². The Kier molecular flexibility index (Phi) is 4.38. The highest BCUT2D eigenvalue weighted by molar-refractivity contribution is 7.98. The van der Waals surface area contributed by atoms with Crippen LogP contribution in [0.5, 0.6) is 0 Å². The highest BCUT2D eigenvalue weighted by atomic mass is 32.2. The summed E-state index contributed by atoms with van der Waals surface area (Å²) in [6.45, 7) is 6.42.